The second-order valence-corrected chi connectivity index (χ2v) is 4.50. The molecule has 102 valence electrons. The molecule has 2 nitrogen and oxygen atoms in total. The first kappa shape index (κ1) is 20.8. The van der Waals surface area contributed by atoms with Crippen LogP contribution >= 0.6 is 0 Å². The molecule has 3 N–H and O–H groups in total. The molecule has 1 aromatic carbocycles. The zero-order chi connectivity index (χ0) is 11.6. The van der Waals surface area contributed by atoms with Crippen LogP contribution in [0.1, 0.15) is 57.4 Å². The number of phenols is 1. The molecule has 0 aliphatic heterocycles. The summed E-state index contributed by atoms with van der Waals surface area (Å²) < 4.78 is 0. The molecule has 0 aliphatic carbocycles. The van der Waals surface area contributed by atoms with Crippen molar-refractivity contribution in [2.45, 2.75) is 58.3 Å². The van der Waals surface area contributed by atoms with E-state index in [0.717, 1.165) is 12.0 Å². The van der Waals surface area contributed by atoms with Crippen LogP contribution in [-0.2, 0) is 6.42 Å². The van der Waals surface area contributed by atoms with Crippen molar-refractivity contribution in [1.29, 1.82) is 0 Å². The van der Waals surface area contributed by atoms with Gasteiger partial charge in [0.25, 0.3) is 0 Å². The van der Waals surface area contributed by atoms with Gasteiger partial charge in [0.2, 0.25) is 0 Å². The van der Waals surface area contributed by atoms with Crippen molar-refractivity contribution >= 4 is 45.5 Å². The summed E-state index contributed by atoms with van der Waals surface area (Å²) >= 11 is 0. The van der Waals surface area contributed by atoms with Crippen molar-refractivity contribution in [3.05, 3.63) is 29.8 Å². The third-order valence-corrected chi connectivity index (χ3v) is 3.04. The van der Waals surface area contributed by atoms with Gasteiger partial charge in [0.05, 0.1) is 0 Å². The van der Waals surface area contributed by atoms with Crippen LogP contribution in [0.15, 0.2) is 24.3 Å². The molecular formula is C15H28O2Sr. The van der Waals surface area contributed by atoms with E-state index >= 15 is 0 Å². The van der Waals surface area contributed by atoms with E-state index in [1.54, 1.807) is 6.07 Å². The van der Waals surface area contributed by atoms with Crippen LogP contribution in [-0.4, -0.2) is 56.1 Å². The fourth-order valence-corrected chi connectivity index (χ4v) is 1.99. The first-order valence-electron chi connectivity index (χ1n) is 6.61. The van der Waals surface area contributed by atoms with Crippen LogP contribution in [0.25, 0.3) is 0 Å². The van der Waals surface area contributed by atoms with Crippen molar-refractivity contribution in [2.24, 2.45) is 0 Å². The zero-order valence-electron chi connectivity index (χ0n) is 10.9. The van der Waals surface area contributed by atoms with Gasteiger partial charge in [0.15, 0.2) is 0 Å². The third-order valence-electron chi connectivity index (χ3n) is 3.04. The number of para-hydroxylation sites is 1. The van der Waals surface area contributed by atoms with Crippen LogP contribution in [0.2, 0.25) is 0 Å². The van der Waals surface area contributed by atoms with Crippen molar-refractivity contribution in [2.75, 3.05) is 0 Å². The van der Waals surface area contributed by atoms with E-state index in [1.165, 1.54) is 44.9 Å². The van der Waals surface area contributed by atoms with Crippen LogP contribution in [0.3, 0.4) is 0 Å². The summed E-state index contributed by atoms with van der Waals surface area (Å²) in [6.07, 6.45) is 10.3. The van der Waals surface area contributed by atoms with E-state index in [4.69, 9.17) is 0 Å². The number of benzene rings is 1. The Morgan fingerprint density at radius 3 is 2.06 bits per heavy atom. The van der Waals surface area contributed by atoms with Gasteiger partial charge in [0, 0.05) is 0 Å². The molecule has 0 amide bonds. The van der Waals surface area contributed by atoms with Gasteiger partial charge in [0.1, 0.15) is 5.75 Å². The molecule has 0 aromatic heterocycles. The van der Waals surface area contributed by atoms with Gasteiger partial charge >= 0.3 is 45.5 Å². The second-order valence-electron chi connectivity index (χ2n) is 4.50. The first-order chi connectivity index (χ1) is 7.84. The average Bonchev–Trinajstić information content (AvgIpc) is 2.30. The molecule has 0 fully saturated rings. The Kier molecular flexibility index (Phi) is 16.0. The Hall–Kier alpha value is 0.461. The SMILES string of the molecule is CCCCCCCCCc1ccccc1O.O.[SrH2]. The Bertz CT molecular complexity index is 290. The predicted octanol–water partition coefficient (Wildman–Crippen LogP) is 2.94. The third kappa shape index (κ3) is 9.40. The average molecular weight is 328 g/mol. The molecule has 0 unspecified atom stereocenters. The maximum atomic E-state index is 9.58. The topological polar surface area (TPSA) is 51.7 Å². The van der Waals surface area contributed by atoms with Gasteiger partial charge in [-0.2, -0.15) is 0 Å². The fraction of sp³-hybridized carbons (Fsp3) is 0.600. The van der Waals surface area contributed by atoms with E-state index in [1.807, 2.05) is 18.2 Å². The summed E-state index contributed by atoms with van der Waals surface area (Å²) in [4.78, 5) is 0. The molecule has 0 atom stereocenters. The molecule has 1 rings (SSSR count). The van der Waals surface area contributed by atoms with Gasteiger partial charge in [-0.05, 0) is 24.5 Å². The summed E-state index contributed by atoms with van der Waals surface area (Å²) in [5, 5.41) is 9.58. The van der Waals surface area contributed by atoms with Crippen molar-refractivity contribution < 1.29 is 10.6 Å². The minimum absolute atomic E-state index is 0. The summed E-state index contributed by atoms with van der Waals surface area (Å²) in [5.74, 6) is 0.452. The standard InChI is InChI=1S/C15H24O.H2O.Sr.2H/c1-2-3-4-5-6-7-8-11-14-12-9-10-13-15(14)16;;;;/h9-10,12-13,16H,2-8,11H2,1H3;1H2;;;. The molecule has 0 aliphatic rings. The van der Waals surface area contributed by atoms with Gasteiger partial charge in [-0.1, -0.05) is 63.6 Å². The van der Waals surface area contributed by atoms with Crippen molar-refractivity contribution in [3.63, 3.8) is 0 Å². The number of unbranched alkanes of at least 4 members (excludes halogenated alkanes) is 6. The van der Waals surface area contributed by atoms with Gasteiger partial charge in [-0.3, -0.25) is 0 Å². The molecule has 0 heterocycles. The molecule has 0 radical (unpaired) electrons. The molecule has 3 heteroatoms. The number of hydrogen-bond donors (Lipinski definition) is 1. The molecule has 0 saturated carbocycles. The molecule has 0 saturated heterocycles. The van der Waals surface area contributed by atoms with Crippen LogP contribution < -0.4 is 0 Å². The number of hydrogen-bond acceptors (Lipinski definition) is 1. The predicted molar refractivity (Wildman–Crippen MR) is 82.0 cm³/mol. The molecule has 0 bridgehead atoms. The van der Waals surface area contributed by atoms with E-state index in [-0.39, 0.29) is 51.0 Å². The van der Waals surface area contributed by atoms with E-state index < -0.39 is 0 Å². The number of aryl methyl sites for hydroxylation is 1. The monoisotopic (exact) mass is 328 g/mol. The fourth-order valence-electron chi connectivity index (χ4n) is 1.99. The normalized spacial score (nSPS) is 9.39. The number of phenolic OH excluding ortho intramolecular Hbond substituents is 1. The van der Waals surface area contributed by atoms with Crippen LogP contribution in [0.4, 0.5) is 0 Å². The van der Waals surface area contributed by atoms with Crippen LogP contribution in [0, 0.1) is 0 Å². The molecule has 0 spiro atoms. The summed E-state index contributed by atoms with van der Waals surface area (Å²) in [6, 6.07) is 7.67. The summed E-state index contributed by atoms with van der Waals surface area (Å²) in [5.41, 5.74) is 1.09. The molecule has 1 aromatic rings. The molecular weight excluding hydrogens is 300 g/mol. The maximum absolute atomic E-state index is 9.58. The van der Waals surface area contributed by atoms with E-state index in [0.29, 0.717) is 5.75 Å². The van der Waals surface area contributed by atoms with Crippen molar-refractivity contribution in [3.8, 4) is 5.75 Å². The Morgan fingerprint density at radius 1 is 0.889 bits per heavy atom. The van der Waals surface area contributed by atoms with Crippen molar-refractivity contribution in [1.82, 2.24) is 0 Å². The Morgan fingerprint density at radius 2 is 1.44 bits per heavy atom. The minimum atomic E-state index is 0. The quantitative estimate of drug-likeness (QED) is 0.579. The Balaban J connectivity index is 0. The first-order valence-corrected chi connectivity index (χ1v) is 6.61. The van der Waals surface area contributed by atoms with Crippen LogP contribution in [0.5, 0.6) is 5.75 Å². The van der Waals surface area contributed by atoms with E-state index in [2.05, 4.69) is 6.92 Å². The Labute approximate surface area is 148 Å². The number of aromatic hydroxyl groups is 1. The van der Waals surface area contributed by atoms with Gasteiger partial charge < -0.3 is 10.6 Å². The van der Waals surface area contributed by atoms with Gasteiger partial charge in [-0.15, -0.1) is 0 Å². The van der Waals surface area contributed by atoms with Gasteiger partial charge in [-0.25, -0.2) is 0 Å². The molecule has 18 heavy (non-hydrogen) atoms. The second kappa shape index (κ2) is 13.9. The summed E-state index contributed by atoms with van der Waals surface area (Å²) in [6.45, 7) is 2.25. The van der Waals surface area contributed by atoms with E-state index in [9.17, 15) is 5.11 Å². The zero-order valence-corrected chi connectivity index (χ0v) is 10.9. The number of rotatable bonds is 8. The summed E-state index contributed by atoms with van der Waals surface area (Å²) in [7, 11) is 0.